The first-order valence-corrected chi connectivity index (χ1v) is 5.85. The molecular weight excluding hydrogens is 224 g/mol. The Morgan fingerprint density at radius 2 is 1.56 bits per heavy atom. The molecule has 0 aliphatic rings. The monoisotopic (exact) mass is 240 g/mol. The fourth-order valence-corrected chi connectivity index (χ4v) is 1.62. The lowest BCUT2D eigenvalue weighted by Gasteiger charge is -2.09. The molecule has 0 unspecified atom stereocenters. The van der Waals surface area contributed by atoms with Gasteiger partial charge in [0.05, 0.1) is 6.61 Å². The third kappa shape index (κ3) is 3.22. The number of benzene rings is 2. The van der Waals surface area contributed by atoms with E-state index in [4.69, 9.17) is 9.84 Å². The molecule has 0 spiro atoms. The molecule has 0 radical (unpaired) electrons. The van der Waals surface area contributed by atoms with Crippen molar-refractivity contribution in [3.63, 3.8) is 0 Å². The normalized spacial score (nSPS) is 10.1. The number of ether oxygens (including phenoxy) is 1. The van der Waals surface area contributed by atoms with Crippen LogP contribution < -0.4 is 0 Å². The van der Waals surface area contributed by atoms with Crippen LogP contribution in [0.1, 0.15) is 16.7 Å². The predicted molar refractivity (Wildman–Crippen MR) is 72.6 cm³/mol. The molecule has 92 valence electrons. The third-order valence-electron chi connectivity index (χ3n) is 2.71. The van der Waals surface area contributed by atoms with Gasteiger partial charge in [-0.2, -0.15) is 0 Å². The van der Waals surface area contributed by atoms with E-state index in [0.29, 0.717) is 12.4 Å². The summed E-state index contributed by atoms with van der Waals surface area (Å²) in [5.41, 5.74) is 2.95. The Kier molecular flexibility index (Phi) is 4.15. The molecule has 2 rings (SSSR count). The molecule has 0 heterocycles. The van der Waals surface area contributed by atoms with Crippen LogP contribution in [0, 0.1) is 0 Å². The highest BCUT2D eigenvalue weighted by Crippen LogP contribution is 2.15. The van der Waals surface area contributed by atoms with Crippen molar-refractivity contribution in [2.75, 3.05) is 0 Å². The van der Waals surface area contributed by atoms with E-state index in [0.717, 1.165) is 16.7 Å². The summed E-state index contributed by atoms with van der Waals surface area (Å²) in [6, 6.07) is 17.5. The van der Waals surface area contributed by atoms with Gasteiger partial charge in [0.2, 0.25) is 0 Å². The summed E-state index contributed by atoms with van der Waals surface area (Å²) in [5.74, 6) is 0.668. The van der Waals surface area contributed by atoms with E-state index in [1.54, 1.807) is 0 Å². The van der Waals surface area contributed by atoms with E-state index < -0.39 is 0 Å². The van der Waals surface area contributed by atoms with Crippen molar-refractivity contribution in [1.29, 1.82) is 0 Å². The first-order valence-electron chi connectivity index (χ1n) is 5.85. The standard InChI is InChI=1S/C16H16O2/c1-13(16-5-3-2-4-6-16)18-12-15-9-7-14(11-17)8-10-15/h2-10,17H,1,11-12H2. The van der Waals surface area contributed by atoms with Gasteiger partial charge in [-0.05, 0) is 11.1 Å². The summed E-state index contributed by atoms with van der Waals surface area (Å²) in [6.07, 6.45) is 0. The average Bonchev–Trinajstić information content (AvgIpc) is 2.46. The summed E-state index contributed by atoms with van der Waals surface area (Å²) >= 11 is 0. The Hall–Kier alpha value is -2.06. The predicted octanol–water partition coefficient (Wildman–Crippen LogP) is 3.37. The second kappa shape index (κ2) is 6.03. The van der Waals surface area contributed by atoms with Gasteiger partial charge < -0.3 is 9.84 Å². The lowest BCUT2D eigenvalue weighted by molar-refractivity contribution is 0.264. The summed E-state index contributed by atoms with van der Waals surface area (Å²) < 4.78 is 5.63. The fraction of sp³-hybridized carbons (Fsp3) is 0.125. The van der Waals surface area contributed by atoms with Crippen molar-refractivity contribution in [2.45, 2.75) is 13.2 Å². The van der Waals surface area contributed by atoms with Gasteiger partial charge in [-0.15, -0.1) is 0 Å². The van der Waals surface area contributed by atoms with Crippen LogP contribution in [-0.4, -0.2) is 5.11 Å². The number of aliphatic hydroxyl groups excluding tert-OH is 1. The van der Waals surface area contributed by atoms with Crippen LogP contribution in [0.3, 0.4) is 0 Å². The third-order valence-corrected chi connectivity index (χ3v) is 2.71. The molecule has 2 aromatic carbocycles. The Morgan fingerprint density at radius 3 is 2.17 bits per heavy atom. The zero-order valence-corrected chi connectivity index (χ0v) is 10.2. The van der Waals surface area contributed by atoms with Gasteiger partial charge in [-0.25, -0.2) is 0 Å². The highest BCUT2D eigenvalue weighted by Gasteiger charge is 2.00. The van der Waals surface area contributed by atoms with E-state index >= 15 is 0 Å². The SMILES string of the molecule is C=C(OCc1ccc(CO)cc1)c1ccccc1. The Bertz CT molecular complexity index is 500. The molecule has 0 amide bonds. The molecule has 1 N–H and O–H groups in total. The minimum absolute atomic E-state index is 0.0673. The minimum Gasteiger partial charge on any atom is -0.489 e. The van der Waals surface area contributed by atoms with Gasteiger partial charge in [0.25, 0.3) is 0 Å². The van der Waals surface area contributed by atoms with Crippen LogP contribution in [-0.2, 0) is 18.0 Å². The first kappa shape index (κ1) is 12.4. The number of aliphatic hydroxyl groups is 1. The van der Waals surface area contributed by atoms with Crippen molar-refractivity contribution >= 4 is 5.76 Å². The highest BCUT2D eigenvalue weighted by atomic mass is 16.5. The topological polar surface area (TPSA) is 29.5 Å². The Labute approximate surface area is 107 Å². The molecular formula is C16H16O2. The van der Waals surface area contributed by atoms with Gasteiger partial charge in [0.1, 0.15) is 12.4 Å². The smallest absolute Gasteiger partial charge is 0.119 e. The zero-order chi connectivity index (χ0) is 12.8. The zero-order valence-electron chi connectivity index (χ0n) is 10.2. The summed E-state index contributed by atoms with van der Waals surface area (Å²) in [5, 5.41) is 8.95. The maximum atomic E-state index is 8.95. The molecule has 18 heavy (non-hydrogen) atoms. The van der Waals surface area contributed by atoms with E-state index in [2.05, 4.69) is 6.58 Å². The van der Waals surface area contributed by atoms with Crippen LogP contribution in [0.5, 0.6) is 0 Å². The molecule has 0 aromatic heterocycles. The Morgan fingerprint density at radius 1 is 0.944 bits per heavy atom. The van der Waals surface area contributed by atoms with Crippen LogP contribution in [0.4, 0.5) is 0 Å². The largest absolute Gasteiger partial charge is 0.489 e. The van der Waals surface area contributed by atoms with Crippen molar-refractivity contribution in [3.05, 3.63) is 77.9 Å². The number of hydrogen-bond acceptors (Lipinski definition) is 2. The first-order chi connectivity index (χ1) is 8.79. The molecule has 0 saturated carbocycles. The molecule has 0 atom stereocenters. The van der Waals surface area contributed by atoms with E-state index in [-0.39, 0.29) is 6.61 Å². The maximum absolute atomic E-state index is 8.95. The van der Waals surface area contributed by atoms with Crippen LogP contribution >= 0.6 is 0 Å². The average molecular weight is 240 g/mol. The van der Waals surface area contributed by atoms with Gasteiger partial charge in [0, 0.05) is 5.56 Å². The van der Waals surface area contributed by atoms with Gasteiger partial charge in [0.15, 0.2) is 0 Å². The highest BCUT2D eigenvalue weighted by molar-refractivity contribution is 5.56. The Balaban J connectivity index is 1.93. The summed E-state index contributed by atoms with van der Waals surface area (Å²) in [7, 11) is 0. The van der Waals surface area contributed by atoms with Crippen molar-refractivity contribution < 1.29 is 9.84 Å². The van der Waals surface area contributed by atoms with Gasteiger partial charge in [-0.3, -0.25) is 0 Å². The molecule has 2 heteroatoms. The molecule has 0 aliphatic heterocycles. The molecule has 2 aromatic rings. The second-order valence-electron chi connectivity index (χ2n) is 4.05. The van der Waals surface area contributed by atoms with Crippen LogP contribution in [0.2, 0.25) is 0 Å². The van der Waals surface area contributed by atoms with Crippen molar-refractivity contribution in [2.24, 2.45) is 0 Å². The van der Waals surface area contributed by atoms with Gasteiger partial charge in [-0.1, -0.05) is 61.2 Å². The lowest BCUT2D eigenvalue weighted by Crippen LogP contribution is -1.93. The van der Waals surface area contributed by atoms with Gasteiger partial charge >= 0.3 is 0 Å². The van der Waals surface area contributed by atoms with E-state index in [1.807, 2.05) is 54.6 Å². The van der Waals surface area contributed by atoms with Crippen molar-refractivity contribution in [1.82, 2.24) is 0 Å². The summed E-state index contributed by atoms with van der Waals surface area (Å²) in [4.78, 5) is 0. The minimum atomic E-state index is 0.0673. The number of rotatable bonds is 5. The van der Waals surface area contributed by atoms with Crippen LogP contribution in [0.15, 0.2) is 61.2 Å². The molecule has 0 saturated heterocycles. The fourth-order valence-electron chi connectivity index (χ4n) is 1.62. The molecule has 2 nitrogen and oxygen atoms in total. The van der Waals surface area contributed by atoms with Crippen LogP contribution in [0.25, 0.3) is 5.76 Å². The van der Waals surface area contributed by atoms with E-state index in [1.165, 1.54) is 0 Å². The van der Waals surface area contributed by atoms with Crippen molar-refractivity contribution in [3.8, 4) is 0 Å². The second-order valence-corrected chi connectivity index (χ2v) is 4.05. The van der Waals surface area contributed by atoms with E-state index in [9.17, 15) is 0 Å². The number of hydrogen-bond donors (Lipinski definition) is 1. The summed E-state index contributed by atoms with van der Waals surface area (Å²) in [6.45, 7) is 4.46. The quantitative estimate of drug-likeness (QED) is 0.812. The molecule has 0 aliphatic carbocycles. The molecule has 0 fully saturated rings. The maximum Gasteiger partial charge on any atom is 0.119 e. The lowest BCUT2D eigenvalue weighted by atomic mass is 10.1. The molecule has 0 bridgehead atoms.